The number of carbonyl (C=O) groups excluding carboxylic acids is 2. The van der Waals surface area contributed by atoms with Crippen molar-refractivity contribution in [2.45, 2.75) is 20.3 Å². The summed E-state index contributed by atoms with van der Waals surface area (Å²) in [6.07, 6.45) is 0.329. The van der Waals surface area contributed by atoms with Gasteiger partial charge in [0.15, 0.2) is 11.6 Å². The SMILES string of the molecule is CCC(=O)C(C)=O.[H-].[Na+]. The molecule has 0 saturated heterocycles. The molecule has 42 valence electrons. The maximum atomic E-state index is 10.2. The van der Waals surface area contributed by atoms with Gasteiger partial charge in [0.25, 0.3) is 0 Å². The zero-order chi connectivity index (χ0) is 5.86. The van der Waals surface area contributed by atoms with Gasteiger partial charge in [-0.05, 0) is 0 Å². The van der Waals surface area contributed by atoms with Gasteiger partial charge in [-0.25, -0.2) is 0 Å². The molecule has 0 rings (SSSR count). The fraction of sp³-hybridized carbons (Fsp3) is 0.600. The Morgan fingerprint density at radius 2 is 1.88 bits per heavy atom. The molecule has 0 bridgehead atoms. The van der Waals surface area contributed by atoms with Gasteiger partial charge in [-0.2, -0.15) is 0 Å². The third-order valence-corrected chi connectivity index (χ3v) is 0.714. The molecule has 0 aliphatic heterocycles. The van der Waals surface area contributed by atoms with E-state index in [1.807, 2.05) is 0 Å². The van der Waals surface area contributed by atoms with Crippen LogP contribution in [0, 0.1) is 0 Å². The first-order chi connectivity index (χ1) is 3.18. The molecule has 0 aromatic heterocycles. The smallest absolute Gasteiger partial charge is 1.00 e. The van der Waals surface area contributed by atoms with Crippen molar-refractivity contribution in [3.05, 3.63) is 0 Å². The number of ketones is 2. The number of rotatable bonds is 2. The number of hydrogen-bond donors (Lipinski definition) is 0. The first-order valence-corrected chi connectivity index (χ1v) is 2.22. The second-order valence-electron chi connectivity index (χ2n) is 1.33. The normalized spacial score (nSPS) is 7.25. The summed E-state index contributed by atoms with van der Waals surface area (Å²) in [4.78, 5) is 20.2. The van der Waals surface area contributed by atoms with Crippen LogP contribution in [0.25, 0.3) is 0 Å². The topological polar surface area (TPSA) is 34.1 Å². The van der Waals surface area contributed by atoms with Crippen LogP contribution in [0.1, 0.15) is 21.7 Å². The van der Waals surface area contributed by atoms with Crippen LogP contribution in [-0.4, -0.2) is 11.6 Å². The standard InChI is InChI=1S/C5H8O2.Na.H/c1-3-5(7)4(2)6;;/h3H2,1-2H3;;/q;+1;-1. The van der Waals surface area contributed by atoms with Crippen molar-refractivity contribution in [1.82, 2.24) is 0 Å². The van der Waals surface area contributed by atoms with Crippen molar-refractivity contribution in [2.24, 2.45) is 0 Å². The molecular formula is C5H9NaO2. The van der Waals surface area contributed by atoms with Gasteiger partial charge < -0.3 is 1.43 Å². The van der Waals surface area contributed by atoms with E-state index in [1.165, 1.54) is 6.92 Å². The third kappa shape index (κ3) is 4.50. The first-order valence-electron chi connectivity index (χ1n) is 2.22. The van der Waals surface area contributed by atoms with Crippen LogP contribution in [0.3, 0.4) is 0 Å². The largest absolute Gasteiger partial charge is 1.00 e. The van der Waals surface area contributed by atoms with E-state index in [-0.39, 0.29) is 42.6 Å². The molecule has 0 heterocycles. The number of Topliss-reactive ketones (excluding diaryl/α,β-unsaturated/α-hetero) is 2. The molecule has 0 amide bonds. The van der Waals surface area contributed by atoms with Crippen molar-refractivity contribution in [2.75, 3.05) is 0 Å². The molecule has 2 nitrogen and oxygen atoms in total. The molecular weight excluding hydrogens is 115 g/mol. The summed E-state index contributed by atoms with van der Waals surface area (Å²) in [6.45, 7) is 2.95. The molecule has 8 heavy (non-hydrogen) atoms. The Labute approximate surface area is 72.4 Å². The van der Waals surface area contributed by atoms with Gasteiger partial charge in [0.2, 0.25) is 0 Å². The number of carbonyl (C=O) groups is 2. The van der Waals surface area contributed by atoms with Gasteiger partial charge >= 0.3 is 29.6 Å². The summed E-state index contributed by atoms with van der Waals surface area (Å²) in [5.41, 5.74) is 0. The van der Waals surface area contributed by atoms with Gasteiger partial charge in [0.05, 0.1) is 0 Å². The molecule has 3 heteroatoms. The van der Waals surface area contributed by atoms with Crippen molar-refractivity contribution in [3.8, 4) is 0 Å². The Balaban J connectivity index is -0.000000180. The van der Waals surface area contributed by atoms with E-state index < -0.39 is 0 Å². The van der Waals surface area contributed by atoms with Crippen LogP contribution in [0.4, 0.5) is 0 Å². The molecule has 0 spiro atoms. The molecule has 0 radical (unpaired) electrons. The molecule has 0 aromatic rings. The van der Waals surface area contributed by atoms with Crippen molar-refractivity contribution < 1.29 is 40.6 Å². The summed E-state index contributed by atoms with van der Waals surface area (Å²) in [5, 5.41) is 0. The van der Waals surface area contributed by atoms with Crippen LogP contribution < -0.4 is 29.6 Å². The molecule has 0 unspecified atom stereocenters. The second kappa shape index (κ2) is 5.48. The fourth-order valence-corrected chi connectivity index (χ4v) is 0.249. The summed E-state index contributed by atoms with van der Waals surface area (Å²) < 4.78 is 0. The van der Waals surface area contributed by atoms with E-state index in [1.54, 1.807) is 6.92 Å². The minimum Gasteiger partial charge on any atom is -1.00 e. The quantitative estimate of drug-likeness (QED) is 0.305. The van der Waals surface area contributed by atoms with Crippen LogP contribution in [0.2, 0.25) is 0 Å². The molecule has 0 aromatic carbocycles. The Hall–Kier alpha value is 0.340. The van der Waals surface area contributed by atoms with Gasteiger partial charge in [-0.3, -0.25) is 9.59 Å². The number of hydrogen-bond acceptors (Lipinski definition) is 2. The van der Waals surface area contributed by atoms with Gasteiger partial charge in [0, 0.05) is 13.3 Å². The third-order valence-electron chi connectivity index (χ3n) is 0.714. The Kier molecular flexibility index (Phi) is 7.65. The van der Waals surface area contributed by atoms with E-state index in [4.69, 9.17) is 0 Å². The monoisotopic (exact) mass is 124 g/mol. The predicted octanol–water partition coefficient (Wildman–Crippen LogP) is -2.33. The van der Waals surface area contributed by atoms with E-state index >= 15 is 0 Å². The fourth-order valence-electron chi connectivity index (χ4n) is 0.249. The first kappa shape index (κ1) is 11.2. The van der Waals surface area contributed by atoms with Crippen molar-refractivity contribution in [1.29, 1.82) is 0 Å². The summed E-state index contributed by atoms with van der Waals surface area (Å²) in [5.74, 6) is -0.637. The van der Waals surface area contributed by atoms with Crippen LogP contribution in [-0.2, 0) is 9.59 Å². The average molecular weight is 124 g/mol. The Morgan fingerprint density at radius 3 is 1.88 bits per heavy atom. The van der Waals surface area contributed by atoms with E-state index in [2.05, 4.69) is 0 Å². The summed E-state index contributed by atoms with van der Waals surface area (Å²) in [6, 6.07) is 0. The van der Waals surface area contributed by atoms with E-state index in [0.29, 0.717) is 6.42 Å². The van der Waals surface area contributed by atoms with Crippen LogP contribution >= 0.6 is 0 Å². The summed E-state index contributed by atoms with van der Waals surface area (Å²) >= 11 is 0. The zero-order valence-electron chi connectivity index (χ0n) is 6.52. The van der Waals surface area contributed by atoms with Crippen LogP contribution in [0.5, 0.6) is 0 Å². The molecule has 0 fully saturated rings. The molecule has 0 N–H and O–H groups in total. The minimum atomic E-state index is -0.345. The Morgan fingerprint density at radius 1 is 1.50 bits per heavy atom. The maximum Gasteiger partial charge on any atom is 1.00 e. The average Bonchev–Trinajstić information content (AvgIpc) is 1.65. The van der Waals surface area contributed by atoms with Crippen LogP contribution in [0.15, 0.2) is 0 Å². The molecule has 0 aliphatic rings. The Bertz CT molecular complexity index is 103. The van der Waals surface area contributed by atoms with Gasteiger partial charge in [-0.1, -0.05) is 6.92 Å². The zero-order valence-corrected chi connectivity index (χ0v) is 7.52. The van der Waals surface area contributed by atoms with Gasteiger partial charge in [0.1, 0.15) is 0 Å². The van der Waals surface area contributed by atoms with E-state index in [9.17, 15) is 9.59 Å². The molecule has 0 aliphatic carbocycles. The molecule has 0 atom stereocenters. The van der Waals surface area contributed by atoms with Crippen molar-refractivity contribution in [3.63, 3.8) is 0 Å². The molecule has 0 saturated carbocycles. The minimum absolute atomic E-state index is 0. The second-order valence-corrected chi connectivity index (χ2v) is 1.33. The van der Waals surface area contributed by atoms with Crippen molar-refractivity contribution >= 4 is 11.6 Å². The maximum absolute atomic E-state index is 10.2. The summed E-state index contributed by atoms with van der Waals surface area (Å²) in [7, 11) is 0. The van der Waals surface area contributed by atoms with E-state index in [0.717, 1.165) is 0 Å². The van der Waals surface area contributed by atoms with Gasteiger partial charge in [-0.15, -0.1) is 0 Å². The predicted molar refractivity (Wildman–Crippen MR) is 27.1 cm³/mol.